The van der Waals surface area contributed by atoms with E-state index >= 15 is 0 Å². The van der Waals surface area contributed by atoms with Crippen LogP contribution in [0, 0.1) is 13.8 Å². The molecule has 1 aliphatic carbocycles. The van der Waals surface area contributed by atoms with Gasteiger partial charge in [0.15, 0.2) is 5.82 Å². The molecule has 1 aromatic carbocycles. The lowest BCUT2D eigenvalue weighted by Crippen LogP contribution is -2.09. The van der Waals surface area contributed by atoms with Crippen molar-refractivity contribution >= 4 is 5.69 Å². The number of benzene rings is 1. The van der Waals surface area contributed by atoms with Gasteiger partial charge in [0.25, 0.3) is 0 Å². The molecule has 3 rings (SSSR count). The molecule has 0 saturated heterocycles. The van der Waals surface area contributed by atoms with Crippen LogP contribution in [0.1, 0.15) is 35.8 Å². The molecule has 1 heterocycles. The predicted octanol–water partition coefficient (Wildman–Crippen LogP) is 2.24. The summed E-state index contributed by atoms with van der Waals surface area (Å²) in [4.78, 5) is 0. The van der Waals surface area contributed by atoms with Crippen LogP contribution in [0.25, 0.3) is 0 Å². The molecule has 0 unspecified atom stereocenters. The van der Waals surface area contributed by atoms with Gasteiger partial charge in [0, 0.05) is 5.69 Å². The van der Waals surface area contributed by atoms with Crippen LogP contribution in [0.2, 0.25) is 0 Å². The topological polar surface area (TPSA) is 55.6 Å². The fraction of sp³-hybridized carbons (Fsp3) is 0.462. The minimum Gasteiger partial charge on any atom is -0.377 e. The van der Waals surface area contributed by atoms with Crippen LogP contribution in [0.15, 0.2) is 18.2 Å². The fourth-order valence-electron chi connectivity index (χ4n) is 2.03. The highest BCUT2D eigenvalue weighted by Gasteiger charge is 2.27. The van der Waals surface area contributed by atoms with Gasteiger partial charge in [0.05, 0.1) is 12.6 Å². The second kappa shape index (κ2) is 4.40. The smallest absolute Gasteiger partial charge is 0.170 e. The number of hydrogen-bond acceptors (Lipinski definition) is 4. The molecule has 94 valence electrons. The highest BCUT2D eigenvalue weighted by atomic mass is 15.6. The Morgan fingerprint density at radius 2 is 2.17 bits per heavy atom. The van der Waals surface area contributed by atoms with Crippen LogP contribution in [0.5, 0.6) is 0 Å². The minimum absolute atomic E-state index is 0.524. The number of anilines is 1. The maximum absolute atomic E-state index is 4.08. The number of aromatic nitrogens is 4. The third kappa shape index (κ3) is 2.20. The summed E-state index contributed by atoms with van der Waals surface area (Å²) in [7, 11) is 0. The summed E-state index contributed by atoms with van der Waals surface area (Å²) in [6.45, 7) is 4.87. The molecule has 2 aromatic rings. The SMILES string of the molecule is Cc1ccc(C)c(NCc2nnnn2C2CC2)c1. The molecule has 1 aromatic heterocycles. The summed E-state index contributed by atoms with van der Waals surface area (Å²) in [6, 6.07) is 6.92. The molecule has 5 heteroatoms. The van der Waals surface area contributed by atoms with E-state index < -0.39 is 0 Å². The lowest BCUT2D eigenvalue weighted by Gasteiger charge is -2.10. The van der Waals surface area contributed by atoms with Crippen molar-refractivity contribution in [3.8, 4) is 0 Å². The van der Waals surface area contributed by atoms with Crippen molar-refractivity contribution in [1.82, 2.24) is 20.2 Å². The van der Waals surface area contributed by atoms with E-state index in [-0.39, 0.29) is 0 Å². The number of hydrogen-bond donors (Lipinski definition) is 1. The average molecular weight is 243 g/mol. The van der Waals surface area contributed by atoms with E-state index in [1.807, 2.05) is 4.68 Å². The largest absolute Gasteiger partial charge is 0.377 e. The molecule has 1 N–H and O–H groups in total. The van der Waals surface area contributed by atoms with E-state index in [4.69, 9.17) is 0 Å². The van der Waals surface area contributed by atoms with Gasteiger partial charge in [0.2, 0.25) is 0 Å². The lowest BCUT2D eigenvalue weighted by molar-refractivity contribution is 0.586. The molecule has 1 saturated carbocycles. The van der Waals surface area contributed by atoms with Gasteiger partial charge < -0.3 is 5.32 Å². The molecular formula is C13H17N5. The highest BCUT2D eigenvalue weighted by molar-refractivity contribution is 5.52. The Kier molecular flexibility index (Phi) is 2.74. The molecule has 1 aliphatic rings. The zero-order valence-electron chi connectivity index (χ0n) is 10.7. The molecule has 18 heavy (non-hydrogen) atoms. The Balaban J connectivity index is 1.73. The summed E-state index contributed by atoms with van der Waals surface area (Å²) in [6.07, 6.45) is 2.39. The lowest BCUT2D eigenvalue weighted by atomic mass is 10.1. The first kappa shape index (κ1) is 11.2. The van der Waals surface area contributed by atoms with Gasteiger partial charge in [-0.2, -0.15) is 0 Å². The van der Waals surface area contributed by atoms with Crippen molar-refractivity contribution in [2.24, 2.45) is 0 Å². The molecule has 0 aliphatic heterocycles. The number of nitrogens with zero attached hydrogens (tertiary/aromatic N) is 4. The van der Waals surface area contributed by atoms with E-state index in [2.05, 4.69) is 52.9 Å². The van der Waals surface area contributed by atoms with Crippen LogP contribution in [0.4, 0.5) is 5.69 Å². The minimum atomic E-state index is 0.524. The second-order valence-electron chi connectivity index (χ2n) is 4.94. The summed E-state index contributed by atoms with van der Waals surface area (Å²) >= 11 is 0. The molecule has 0 bridgehead atoms. The van der Waals surface area contributed by atoms with Gasteiger partial charge in [-0.3, -0.25) is 0 Å². The Hall–Kier alpha value is -1.91. The maximum Gasteiger partial charge on any atom is 0.170 e. The van der Waals surface area contributed by atoms with Crippen molar-refractivity contribution in [3.63, 3.8) is 0 Å². The number of rotatable bonds is 4. The number of nitrogens with one attached hydrogen (secondary N) is 1. The van der Waals surface area contributed by atoms with E-state index in [1.54, 1.807) is 0 Å². The van der Waals surface area contributed by atoms with Gasteiger partial charge >= 0.3 is 0 Å². The Morgan fingerprint density at radius 1 is 1.33 bits per heavy atom. The first-order valence-corrected chi connectivity index (χ1v) is 6.32. The van der Waals surface area contributed by atoms with E-state index in [0.29, 0.717) is 12.6 Å². The van der Waals surface area contributed by atoms with E-state index in [9.17, 15) is 0 Å². The third-order valence-electron chi connectivity index (χ3n) is 3.28. The van der Waals surface area contributed by atoms with Crippen LogP contribution in [-0.4, -0.2) is 20.2 Å². The van der Waals surface area contributed by atoms with Crippen molar-refractivity contribution < 1.29 is 0 Å². The van der Waals surface area contributed by atoms with Crippen LogP contribution in [-0.2, 0) is 6.54 Å². The van der Waals surface area contributed by atoms with Crippen molar-refractivity contribution in [2.45, 2.75) is 39.3 Å². The average Bonchev–Trinajstić information content (AvgIpc) is 3.10. The second-order valence-corrected chi connectivity index (χ2v) is 4.94. The summed E-state index contributed by atoms with van der Waals surface area (Å²) in [5, 5.41) is 15.3. The number of tetrazole rings is 1. The maximum atomic E-state index is 4.08. The molecule has 5 nitrogen and oxygen atoms in total. The number of aryl methyl sites for hydroxylation is 2. The third-order valence-corrected chi connectivity index (χ3v) is 3.28. The van der Waals surface area contributed by atoms with E-state index in [1.165, 1.54) is 24.0 Å². The van der Waals surface area contributed by atoms with Gasteiger partial charge in [-0.15, -0.1) is 5.10 Å². The molecule has 0 atom stereocenters. The summed E-state index contributed by atoms with van der Waals surface area (Å²) in [5.41, 5.74) is 3.65. The van der Waals surface area contributed by atoms with Crippen molar-refractivity contribution in [1.29, 1.82) is 0 Å². The molecule has 0 amide bonds. The first-order chi connectivity index (χ1) is 8.74. The van der Waals surface area contributed by atoms with E-state index in [0.717, 1.165) is 11.5 Å². The Morgan fingerprint density at radius 3 is 2.94 bits per heavy atom. The van der Waals surface area contributed by atoms with Crippen molar-refractivity contribution in [3.05, 3.63) is 35.2 Å². The highest BCUT2D eigenvalue weighted by Crippen LogP contribution is 2.34. The quantitative estimate of drug-likeness (QED) is 0.894. The predicted molar refractivity (Wildman–Crippen MR) is 69.3 cm³/mol. The van der Waals surface area contributed by atoms with Gasteiger partial charge in [-0.05, 0) is 54.3 Å². The van der Waals surface area contributed by atoms with Crippen LogP contribution < -0.4 is 5.32 Å². The van der Waals surface area contributed by atoms with Crippen LogP contribution in [0.3, 0.4) is 0 Å². The fourth-order valence-corrected chi connectivity index (χ4v) is 2.03. The standard InChI is InChI=1S/C13H17N5/c1-9-3-4-10(2)12(7-9)14-8-13-15-16-17-18(13)11-5-6-11/h3-4,7,11,14H,5-6,8H2,1-2H3. The first-order valence-electron chi connectivity index (χ1n) is 6.32. The van der Waals surface area contributed by atoms with Gasteiger partial charge in [0.1, 0.15) is 0 Å². The zero-order valence-corrected chi connectivity index (χ0v) is 10.7. The Bertz CT molecular complexity index is 556. The Labute approximate surface area is 106 Å². The zero-order chi connectivity index (χ0) is 12.5. The molecule has 1 fully saturated rings. The molecular weight excluding hydrogens is 226 g/mol. The normalized spacial score (nSPS) is 14.8. The summed E-state index contributed by atoms with van der Waals surface area (Å²) in [5.74, 6) is 0.915. The van der Waals surface area contributed by atoms with Gasteiger partial charge in [-0.1, -0.05) is 12.1 Å². The van der Waals surface area contributed by atoms with Crippen LogP contribution >= 0.6 is 0 Å². The molecule has 0 radical (unpaired) electrons. The van der Waals surface area contributed by atoms with Crippen molar-refractivity contribution in [2.75, 3.05) is 5.32 Å². The summed E-state index contributed by atoms with van der Waals surface area (Å²) < 4.78 is 1.94. The monoisotopic (exact) mass is 243 g/mol. The molecule has 0 spiro atoms. The van der Waals surface area contributed by atoms with Gasteiger partial charge in [-0.25, -0.2) is 4.68 Å².